The molecule has 0 fully saturated rings. The molecule has 0 saturated heterocycles. The number of nitrogens with one attached hydrogen (secondary N) is 1. The number of amides is 2. The standard InChI is InChI=1S/C31H32N4O4/c1-21-9-11-22(12-10-21)19-34-29(36)27-17-26(23-13-15-25(38-3)16-14-23)33-35(27)20-31(34,2)30(37)32-18-24-7-5-6-8-28(24)39-4/h5-17H,18-20H2,1-4H3,(H,32,37). The lowest BCUT2D eigenvalue weighted by Gasteiger charge is -2.43. The van der Waals surface area contributed by atoms with Gasteiger partial charge < -0.3 is 19.7 Å². The Morgan fingerprint density at radius 3 is 2.41 bits per heavy atom. The number of aromatic nitrogens is 2. The Morgan fingerprint density at radius 2 is 1.72 bits per heavy atom. The first kappa shape index (κ1) is 26.0. The molecule has 1 aromatic heterocycles. The zero-order valence-corrected chi connectivity index (χ0v) is 22.6. The van der Waals surface area contributed by atoms with Gasteiger partial charge in [-0.2, -0.15) is 5.10 Å². The van der Waals surface area contributed by atoms with Crippen LogP contribution in [0.2, 0.25) is 0 Å². The van der Waals surface area contributed by atoms with Gasteiger partial charge >= 0.3 is 0 Å². The summed E-state index contributed by atoms with van der Waals surface area (Å²) in [5.41, 5.74) is 3.71. The lowest BCUT2D eigenvalue weighted by Crippen LogP contribution is -2.63. The van der Waals surface area contributed by atoms with E-state index < -0.39 is 5.54 Å². The van der Waals surface area contributed by atoms with Crippen molar-refractivity contribution in [2.75, 3.05) is 14.2 Å². The van der Waals surface area contributed by atoms with E-state index in [1.807, 2.05) is 79.7 Å². The third-order valence-electron chi connectivity index (χ3n) is 7.27. The molecule has 8 nitrogen and oxygen atoms in total. The summed E-state index contributed by atoms with van der Waals surface area (Å²) in [5.74, 6) is 0.921. The highest BCUT2D eigenvalue weighted by atomic mass is 16.5. The molecule has 1 unspecified atom stereocenters. The number of hydrogen-bond donors (Lipinski definition) is 1. The third kappa shape index (κ3) is 5.10. The SMILES string of the molecule is COc1ccc(-c2cc3n(n2)CC(C)(C(=O)NCc2ccccc2OC)N(Cc2ccc(C)cc2)C3=O)cc1. The largest absolute Gasteiger partial charge is 0.497 e. The number of nitrogens with zero attached hydrogens (tertiary/aromatic N) is 3. The van der Waals surface area contributed by atoms with Gasteiger partial charge in [-0.15, -0.1) is 0 Å². The number of para-hydroxylation sites is 1. The van der Waals surface area contributed by atoms with Gasteiger partial charge in [0.2, 0.25) is 5.91 Å². The summed E-state index contributed by atoms with van der Waals surface area (Å²) in [6.07, 6.45) is 0. The van der Waals surface area contributed by atoms with Crippen molar-refractivity contribution in [1.29, 1.82) is 0 Å². The predicted molar refractivity (Wildman–Crippen MR) is 149 cm³/mol. The Labute approximate surface area is 228 Å². The molecule has 8 heteroatoms. The van der Waals surface area contributed by atoms with E-state index in [0.29, 0.717) is 23.7 Å². The van der Waals surface area contributed by atoms with Crippen molar-refractivity contribution < 1.29 is 19.1 Å². The van der Waals surface area contributed by atoms with Gasteiger partial charge in [0.1, 0.15) is 22.7 Å². The van der Waals surface area contributed by atoms with Crippen molar-refractivity contribution in [2.45, 2.75) is 39.0 Å². The van der Waals surface area contributed by atoms with Crippen molar-refractivity contribution >= 4 is 11.8 Å². The lowest BCUT2D eigenvalue weighted by atomic mass is 9.93. The van der Waals surface area contributed by atoms with Gasteiger partial charge in [0.05, 0.1) is 26.5 Å². The minimum atomic E-state index is -1.18. The number of fused-ring (bicyclic) bond motifs is 1. The van der Waals surface area contributed by atoms with Crippen LogP contribution in [0.1, 0.15) is 34.1 Å². The quantitative estimate of drug-likeness (QED) is 0.364. The van der Waals surface area contributed by atoms with Crippen molar-refractivity contribution in [3.05, 3.63) is 101 Å². The highest BCUT2D eigenvalue weighted by Gasteiger charge is 2.48. The normalized spacial score (nSPS) is 16.5. The van der Waals surface area contributed by atoms with Crippen molar-refractivity contribution in [3.63, 3.8) is 0 Å². The van der Waals surface area contributed by atoms with Gasteiger partial charge in [0.25, 0.3) is 5.91 Å². The summed E-state index contributed by atoms with van der Waals surface area (Å²) in [6, 6.07) is 24.9. The van der Waals surface area contributed by atoms with E-state index >= 15 is 0 Å². The van der Waals surface area contributed by atoms with E-state index in [9.17, 15) is 9.59 Å². The van der Waals surface area contributed by atoms with Crippen LogP contribution in [0.25, 0.3) is 11.3 Å². The third-order valence-corrected chi connectivity index (χ3v) is 7.27. The first-order chi connectivity index (χ1) is 18.8. The first-order valence-corrected chi connectivity index (χ1v) is 12.8. The number of benzene rings is 3. The van der Waals surface area contributed by atoms with Gasteiger partial charge in [-0.05, 0) is 55.8 Å². The van der Waals surface area contributed by atoms with E-state index in [0.717, 1.165) is 28.0 Å². The van der Waals surface area contributed by atoms with Crippen LogP contribution in [-0.4, -0.2) is 46.3 Å². The average molecular weight is 525 g/mol. The predicted octanol–water partition coefficient (Wildman–Crippen LogP) is 4.61. The van der Waals surface area contributed by atoms with Crippen molar-refractivity contribution in [2.24, 2.45) is 0 Å². The lowest BCUT2D eigenvalue weighted by molar-refractivity contribution is -0.133. The fourth-order valence-corrected chi connectivity index (χ4v) is 4.88. The zero-order valence-electron chi connectivity index (χ0n) is 22.6. The number of hydrogen-bond acceptors (Lipinski definition) is 5. The maximum absolute atomic E-state index is 14.0. The van der Waals surface area contributed by atoms with Crippen molar-refractivity contribution in [1.82, 2.24) is 20.0 Å². The molecule has 3 aromatic carbocycles. The van der Waals surface area contributed by atoms with Crippen LogP contribution in [0.5, 0.6) is 11.5 Å². The van der Waals surface area contributed by atoms with E-state index in [1.54, 1.807) is 36.8 Å². The fraction of sp³-hybridized carbons (Fsp3) is 0.258. The van der Waals surface area contributed by atoms with Crippen LogP contribution in [0.3, 0.4) is 0 Å². The monoisotopic (exact) mass is 524 g/mol. The van der Waals surface area contributed by atoms with Gasteiger partial charge in [-0.3, -0.25) is 14.3 Å². The molecule has 1 aliphatic rings. The highest BCUT2D eigenvalue weighted by molar-refractivity contribution is 6.00. The van der Waals surface area contributed by atoms with E-state index in [1.165, 1.54) is 0 Å². The minimum absolute atomic E-state index is 0.216. The Hall–Kier alpha value is -4.59. The van der Waals surface area contributed by atoms with Gasteiger partial charge in [-0.1, -0.05) is 48.0 Å². The number of carbonyl (C=O) groups is 2. The van der Waals surface area contributed by atoms with Crippen LogP contribution in [-0.2, 0) is 24.4 Å². The molecule has 1 N–H and O–H groups in total. The second-order valence-corrected chi connectivity index (χ2v) is 9.95. The second-order valence-electron chi connectivity index (χ2n) is 9.95. The molecular weight excluding hydrogens is 492 g/mol. The molecule has 0 aliphatic carbocycles. The van der Waals surface area contributed by atoms with E-state index in [4.69, 9.17) is 14.6 Å². The second kappa shape index (κ2) is 10.6. The summed E-state index contributed by atoms with van der Waals surface area (Å²) in [4.78, 5) is 29.5. The summed E-state index contributed by atoms with van der Waals surface area (Å²) in [7, 11) is 3.22. The van der Waals surface area contributed by atoms with Gasteiger partial charge in [-0.25, -0.2) is 0 Å². The van der Waals surface area contributed by atoms with Crippen LogP contribution in [0.15, 0.2) is 78.9 Å². The molecule has 2 amide bonds. The number of rotatable bonds is 8. The smallest absolute Gasteiger partial charge is 0.273 e. The van der Waals surface area contributed by atoms with Crippen LogP contribution >= 0.6 is 0 Å². The number of methoxy groups -OCH3 is 2. The van der Waals surface area contributed by atoms with Gasteiger partial charge in [0.15, 0.2) is 0 Å². The Morgan fingerprint density at radius 1 is 1.00 bits per heavy atom. The summed E-state index contributed by atoms with van der Waals surface area (Å²) < 4.78 is 12.4. The minimum Gasteiger partial charge on any atom is -0.497 e. The van der Waals surface area contributed by atoms with Crippen LogP contribution < -0.4 is 14.8 Å². The topological polar surface area (TPSA) is 85.7 Å². The van der Waals surface area contributed by atoms with Crippen LogP contribution in [0.4, 0.5) is 0 Å². The Balaban J connectivity index is 1.48. The highest BCUT2D eigenvalue weighted by Crippen LogP contribution is 2.32. The molecule has 5 rings (SSSR count). The molecule has 0 radical (unpaired) electrons. The van der Waals surface area contributed by atoms with Crippen LogP contribution in [0, 0.1) is 6.92 Å². The van der Waals surface area contributed by atoms with E-state index in [-0.39, 0.29) is 24.9 Å². The molecule has 1 aliphatic heterocycles. The summed E-state index contributed by atoms with van der Waals surface area (Å²) in [6.45, 7) is 4.60. The van der Waals surface area contributed by atoms with Crippen molar-refractivity contribution in [3.8, 4) is 22.8 Å². The summed E-state index contributed by atoms with van der Waals surface area (Å²) in [5, 5.41) is 7.78. The maximum atomic E-state index is 14.0. The first-order valence-electron chi connectivity index (χ1n) is 12.8. The van der Waals surface area contributed by atoms with Gasteiger partial charge in [0, 0.05) is 24.2 Å². The number of aryl methyl sites for hydroxylation is 1. The Bertz CT molecular complexity index is 1490. The molecule has 0 saturated carbocycles. The number of ether oxygens (including phenoxy) is 2. The molecule has 0 bridgehead atoms. The molecule has 39 heavy (non-hydrogen) atoms. The number of carbonyl (C=O) groups excluding carboxylic acids is 2. The summed E-state index contributed by atoms with van der Waals surface area (Å²) >= 11 is 0. The molecule has 1 atom stereocenters. The molecular formula is C31H32N4O4. The average Bonchev–Trinajstić information content (AvgIpc) is 3.39. The maximum Gasteiger partial charge on any atom is 0.273 e. The molecule has 2 heterocycles. The molecule has 4 aromatic rings. The Kier molecular flexibility index (Phi) is 7.11. The fourth-order valence-electron chi connectivity index (χ4n) is 4.88. The van der Waals surface area contributed by atoms with E-state index in [2.05, 4.69) is 5.32 Å². The zero-order chi connectivity index (χ0) is 27.6. The molecule has 200 valence electrons. The molecule has 0 spiro atoms.